The topological polar surface area (TPSA) is 69.4 Å². The van der Waals surface area contributed by atoms with Crippen molar-refractivity contribution in [3.05, 3.63) is 38.3 Å². The summed E-state index contributed by atoms with van der Waals surface area (Å²) >= 11 is 3.06. The highest BCUT2D eigenvalue weighted by atomic mass is 79.9. The molecule has 0 saturated carbocycles. The van der Waals surface area contributed by atoms with E-state index in [2.05, 4.69) is 22.9 Å². The van der Waals surface area contributed by atoms with Crippen LogP contribution in [0.2, 0.25) is 0 Å². The Morgan fingerprint density at radius 2 is 2.17 bits per heavy atom. The number of benzene rings is 1. The fraction of sp³-hybridized carbons (Fsp3) is 0.417. The molecule has 0 amide bonds. The minimum absolute atomic E-state index is 0.141. The van der Waals surface area contributed by atoms with Crippen LogP contribution in [0.25, 0.3) is 0 Å². The number of unbranched alkanes of at least 4 members (excludes halogenated alkanes) is 2. The number of ether oxygens (including phenoxy) is 1. The third-order valence-corrected chi connectivity index (χ3v) is 3.21. The molecule has 1 rings (SSSR count). The predicted octanol–water partition coefficient (Wildman–Crippen LogP) is 3.70. The molecule has 0 unspecified atom stereocenters. The van der Waals surface area contributed by atoms with Gasteiger partial charge < -0.3 is 4.74 Å². The highest BCUT2D eigenvalue weighted by Gasteiger charge is 2.20. The summed E-state index contributed by atoms with van der Waals surface area (Å²) in [6, 6.07) is 4.29. The van der Waals surface area contributed by atoms with Crippen molar-refractivity contribution in [3.63, 3.8) is 0 Å². The Hall–Kier alpha value is -1.43. The number of nitrogens with zero attached hydrogens (tertiary/aromatic N) is 1. The summed E-state index contributed by atoms with van der Waals surface area (Å²) in [5.41, 5.74) is 0.0405. The first-order chi connectivity index (χ1) is 8.57. The van der Waals surface area contributed by atoms with E-state index in [4.69, 9.17) is 4.74 Å². The third kappa shape index (κ3) is 3.80. The van der Waals surface area contributed by atoms with Crippen molar-refractivity contribution in [2.45, 2.75) is 26.2 Å². The molecule has 1 aromatic rings. The Kier molecular flexibility index (Phi) is 5.77. The van der Waals surface area contributed by atoms with Crippen LogP contribution in [0.5, 0.6) is 0 Å². The van der Waals surface area contributed by atoms with E-state index in [0.29, 0.717) is 6.61 Å². The van der Waals surface area contributed by atoms with Gasteiger partial charge in [0.05, 0.1) is 17.1 Å². The van der Waals surface area contributed by atoms with Gasteiger partial charge in [0, 0.05) is 6.07 Å². The highest BCUT2D eigenvalue weighted by Crippen LogP contribution is 2.28. The molecule has 0 heterocycles. The molecule has 0 N–H and O–H groups in total. The van der Waals surface area contributed by atoms with Crippen molar-refractivity contribution in [1.82, 2.24) is 0 Å². The molecule has 98 valence electrons. The fourth-order valence-corrected chi connectivity index (χ4v) is 1.98. The molecule has 0 bridgehead atoms. The maximum Gasteiger partial charge on any atom is 0.339 e. The van der Waals surface area contributed by atoms with E-state index < -0.39 is 10.9 Å². The van der Waals surface area contributed by atoms with E-state index in [9.17, 15) is 14.9 Å². The molecule has 0 aliphatic heterocycles. The van der Waals surface area contributed by atoms with Gasteiger partial charge in [0.1, 0.15) is 4.47 Å². The summed E-state index contributed by atoms with van der Waals surface area (Å²) in [4.78, 5) is 21.9. The first kappa shape index (κ1) is 14.6. The number of esters is 1. The smallest absolute Gasteiger partial charge is 0.339 e. The number of rotatable bonds is 6. The van der Waals surface area contributed by atoms with Crippen LogP contribution < -0.4 is 0 Å². The molecule has 0 spiro atoms. The number of nitro groups is 1. The maximum absolute atomic E-state index is 11.7. The van der Waals surface area contributed by atoms with Gasteiger partial charge in [-0.05, 0) is 28.4 Å². The van der Waals surface area contributed by atoms with Crippen LogP contribution in [0, 0.1) is 10.1 Å². The molecular weight excluding hydrogens is 302 g/mol. The Bertz CT molecular complexity index is 448. The first-order valence-corrected chi connectivity index (χ1v) is 6.47. The molecule has 0 aromatic heterocycles. The predicted molar refractivity (Wildman–Crippen MR) is 70.6 cm³/mol. The van der Waals surface area contributed by atoms with Gasteiger partial charge in [-0.2, -0.15) is 0 Å². The van der Waals surface area contributed by atoms with Crippen molar-refractivity contribution in [1.29, 1.82) is 0 Å². The molecule has 0 aliphatic carbocycles. The van der Waals surface area contributed by atoms with Gasteiger partial charge in [0.15, 0.2) is 0 Å². The molecule has 0 radical (unpaired) electrons. The second-order valence-electron chi connectivity index (χ2n) is 3.74. The monoisotopic (exact) mass is 315 g/mol. The van der Waals surface area contributed by atoms with Crippen LogP contribution in [-0.4, -0.2) is 17.5 Å². The van der Waals surface area contributed by atoms with Gasteiger partial charge in [0.2, 0.25) is 0 Å². The normalized spacial score (nSPS) is 10.1. The summed E-state index contributed by atoms with van der Waals surface area (Å²) in [5.74, 6) is -0.540. The summed E-state index contributed by atoms with van der Waals surface area (Å²) in [6.45, 7) is 2.39. The quantitative estimate of drug-likeness (QED) is 0.347. The lowest BCUT2D eigenvalue weighted by molar-refractivity contribution is -0.385. The number of hydrogen-bond acceptors (Lipinski definition) is 4. The first-order valence-electron chi connectivity index (χ1n) is 5.68. The van der Waals surface area contributed by atoms with Crippen molar-refractivity contribution in [3.8, 4) is 0 Å². The van der Waals surface area contributed by atoms with Crippen LogP contribution >= 0.6 is 15.9 Å². The Morgan fingerprint density at radius 3 is 2.78 bits per heavy atom. The van der Waals surface area contributed by atoms with Crippen molar-refractivity contribution in [2.24, 2.45) is 0 Å². The van der Waals surface area contributed by atoms with E-state index in [-0.39, 0.29) is 15.7 Å². The van der Waals surface area contributed by atoms with Crippen molar-refractivity contribution < 1.29 is 14.5 Å². The zero-order valence-corrected chi connectivity index (χ0v) is 11.6. The van der Waals surface area contributed by atoms with Crippen LogP contribution in [-0.2, 0) is 4.74 Å². The Morgan fingerprint density at radius 1 is 1.44 bits per heavy atom. The van der Waals surface area contributed by atoms with Crippen LogP contribution in [0.1, 0.15) is 36.5 Å². The Balaban J connectivity index is 2.74. The molecular formula is C12H14BrNO4. The van der Waals surface area contributed by atoms with E-state index in [1.165, 1.54) is 18.2 Å². The lowest BCUT2D eigenvalue weighted by Crippen LogP contribution is -2.08. The van der Waals surface area contributed by atoms with Crippen molar-refractivity contribution in [2.75, 3.05) is 6.61 Å². The van der Waals surface area contributed by atoms with E-state index in [0.717, 1.165) is 19.3 Å². The van der Waals surface area contributed by atoms with Crippen molar-refractivity contribution >= 4 is 27.6 Å². The molecule has 5 nitrogen and oxygen atoms in total. The van der Waals surface area contributed by atoms with Crippen LogP contribution in [0.4, 0.5) is 5.69 Å². The van der Waals surface area contributed by atoms with E-state index in [1.807, 2.05) is 0 Å². The number of nitro benzene ring substituents is 1. The third-order valence-electron chi connectivity index (χ3n) is 2.38. The lowest BCUT2D eigenvalue weighted by atomic mass is 10.2. The molecule has 0 aliphatic rings. The summed E-state index contributed by atoms with van der Waals surface area (Å²) < 4.78 is 5.22. The van der Waals surface area contributed by atoms with Gasteiger partial charge in [-0.25, -0.2) is 4.79 Å². The van der Waals surface area contributed by atoms with Gasteiger partial charge in [-0.3, -0.25) is 10.1 Å². The molecule has 1 aromatic carbocycles. The summed E-state index contributed by atoms with van der Waals surface area (Å²) in [7, 11) is 0. The number of carbonyl (C=O) groups is 1. The second-order valence-corrected chi connectivity index (χ2v) is 4.53. The molecule has 0 fully saturated rings. The second kappa shape index (κ2) is 7.10. The molecule has 18 heavy (non-hydrogen) atoms. The number of carbonyl (C=O) groups excluding carboxylic acids is 1. The van der Waals surface area contributed by atoms with Gasteiger partial charge in [-0.15, -0.1) is 0 Å². The minimum Gasteiger partial charge on any atom is -0.462 e. The summed E-state index contributed by atoms with van der Waals surface area (Å²) in [6.07, 6.45) is 2.83. The average Bonchev–Trinajstić information content (AvgIpc) is 2.34. The lowest BCUT2D eigenvalue weighted by Gasteiger charge is -2.06. The van der Waals surface area contributed by atoms with Gasteiger partial charge in [-0.1, -0.05) is 25.8 Å². The van der Waals surface area contributed by atoms with Gasteiger partial charge in [0.25, 0.3) is 5.69 Å². The molecule has 6 heteroatoms. The SMILES string of the molecule is CCCCCOC(=O)c1cccc([N+](=O)[O-])c1Br. The average molecular weight is 316 g/mol. The minimum atomic E-state index is -0.544. The van der Waals surface area contributed by atoms with Gasteiger partial charge >= 0.3 is 5.97 Å². The van der Waals surface area contributed by atoms with E-state index in [1.54, 1.807) is 0 Å². The zero-order chi connectivity index (χ0) is 13.5. The molecule has 0 saturated heterocycles. The Labute approximate surface area is 113 Å². The van der Waals surface area contributed by atoms with Crippen LogP contribution in [0.15, 0.2) is 22.7 Å². The van der Waals surface area contributed by atoms with Crippen LogP contribution in [0.3, 0.4) is 0 Å². The zero-order valence-electron chi connectivity index (χ0n) is 10.0. The summed E-state index contributed by atoms with van der Waals surface area (Å²) in [5, 5.41) is 10.7. The van der Waals surface area contributed by atoms with E-state index >= 15 is 0 Å². The highest BCUT2D eigenvalue weighted by molar-refractivity contribution is 9.10. The number of hydrogen-bond donors (Lipinski definition) is 0. The number of halogens is 1. The standard InChI is InChI=1S/C12H14BrNO4/c1-2-3-4-8-18-12(15)9-6-5-7-10(11(9)13)14(16)17/h5-7H,2-4,8H2,1H3. The fourth-order valence-electron chi connectivity index (χ4n) is 1.41. The maximum atomic E-state index is 11.7. The molecule has 0 atom stereocenters. The largest absolute Gasteiger partial charge is 0.462 e.